The summed E-state index contributed by atoms with van der Waals surface area (Å²) in [5.74, 6) is 0.0838. The van der Waals surface area contributed by atoms with E-state index in [0.717, 1.165) is 38.8 Å². The SMILES string of the molecule is CCN1CCCC1CN(C)S(=O)(=O)N1CCCC(CO)C1. The van der Waals surface area contributed by atoms with Crippen molar-refractivity contribution in [2.75, 3.05) is 46.4 Å². The van der Waals surface area contributed by atoms with E-state index in [9.17, 15) is 13.5 Å². The van der Waals surface area contributed by atoms with Crippen molar-refractivity contribution in [2.24, 2.45) is 5.92 Å². The quantitative estimate of drug-likeness (QED) is 0.767. The lowest BCUT2D eigenvalue weighted by molar-refractivity contribution is 0.159. The van der Waals surface area contributed by atoms with E-state index < -0.39 is 10.2 Å². The van der Waals surface area contributed by atoms with Crippen LogP contribution in [0.3, 0.4) is 0 Å². The van der Waals surface area contributed by atoms with Gasteiger partial charge in [0, 0.05) is 39.3 Å². The predicted octanol–water partition coefficient (Wildman–Crippen LogP) is 0.352. The van der Waals surface area contributed by atoms with Gasteiger partial charge in [-0.3, -0.25) is 4.90 Å². The third kappa shape index (κ3) is 3.96. The van der Waals surface area contributed by atoms with Crippen LogP contribution in [0.4, 0.5) is 0 Å². The molecular weight excluding hydrogens is 290 g/mol. The number of hydrogen-bond acceptors (Lipinski definition) is 4. The van der Waals surface area contributed by atoms with Gasteiger partial charge in [-0.25, -0.2) is 0 Å². The van der Waals surface area contributed by atoms with Gasteiger partial charge in [0.2, 0.25) is 0 Å². The molecule has 2 unspecified atom stereocenters. The monoisotopic (exact) mass is 319 g/mol. The van der Waals surface area contributed by atoms with Gasteiger partial charge in [0.05, 0.1) is 0 Å². The molecule has 0 aromatic carbocycles. The molecule has 0 amide bonds. The van der Waals surface area contributed by atoms with Gasteiger partial charge in [0.1, 0.15) is 0 Å². The highest BCUT2D eigenvalue weighted by atomic mass is 32.2. The maximum absolute atomic E-state index is 12.7. The van der Waals surface area contributed by atoms with Crippen molar-refractivity contribution in [3.05, 3.63) is 0 Å². The molecule has 0 aliphatic carbocycles. The van der Waals surface area contributed by atoms with E-state index >= 15 is 0 Å². The Morgan fingerprint density at radius 2 is 1.95 bits per heavy atom. The minimum absolute atomic E-state index is 0.0714. The van der Waals surface area contributed by atoms with Crippen LogP contribution in [0.1, 0.15) is 32.6 Å². The third-order valence-corrected chi connectivity index (χ3v) is 6.75. The number of hydrogen-bond donors (Lipinski definition) is 1. The Bertz CT molecular complexity index is 429. The predicted molar refractivity (Wildman–Crippen MR) is 83.2 cm³/mol. The van der Waals surface area contributed by atoms with Crippen molar-refractivity contribution in [1.29, 1.82) is 0 Å². The van der Waals surface area contributed by atoms with Crippen LogP contribution in [-0.2, 0) is 10.2 Å². The Hall–Kier alpha value is -0.210. The number of aliphatic hydroxyl groups is 1. The number of piperidine rings is 1. The van der Waals surface area contributed by atoms with Crippen molar-refractivity contribution in [3.63, 3.8) is 0 Å². The number of aliphatic hydroxyl groups excluding tert-OH is 1. The fourth-order valence-corrected chi connectivity index (χ4v) is 5.01. The molecule has 21 heavy (non-hydrogen) atoms. The van der Waals surface area contributed by atoms with E-state index in [1.54, 1.807) is 11.4 Å². The molecule has 2 heterocycles. The Balaban J connectivity index is 1.98. The fourth-order valence-electron chi connectivity index (χ4n) is 3.49. The lowest BCUT2D eigenvalue weighted by Crippen LogP contribution is -2.50. The summed E-state index contributed by atoms with van der Waals surface area (Å²) in [6.45, 7) is 5.85. The molecule has 0 radical (unpaired) electrons. The van der Waals surface area contributed by atoms with Crippen LogP contribution >= 0.6 is 0 Å². The standard InChI is InChI=1S/C14H29N3O3S/c1-3-16-8-5-7-14(16)11-15(2)21(19,20)17-9-4-6-13(10-17)12-18/h13-14,18H,3-12H2,1-2H3. The molecule has 2 aliphatic heterocycles. The highest BCUT2D eigenvalue weighted by Crippen LogP contribution is 2.22. The molecule has 2 aliphatic rings. The van der Waals surface area contributed by atoms with Crippen molar-refractivity contribution >= 4 is 10.2 Å². The van der Waals surface area contributed by atoms with Gasteiger partial charge in [-0.1, -0.05) is 6.92 Å². The van der Waals surface area contributed by atoms with Gasteiger partial charge < -0.3 is 5.11 Å². The topological polar surface area (TPSA) is 64.1 Å². The Kier molecular flexibility index (Phi) is 6.02. The Morgan fingerprint density at radius 1 is 1.24 bits per heavy atom. The summed E-state index contributed by atoms with van der Waals surface area (Å²) >= 11 is 0. The minimum atomic E-state index is -3.40. The van der Waals surface area contributed by atoms with E-state index in [2.05, 4.69) is 11.8 Å². The van der Waals surface area contributed by atoms with Gasteiger partial charge in [-0.05, 0) is 44.7 Å². The summed E-state index contributed by atoms with van der Waals surface area (Å²) < 4.78 is 28.4. The van der Waals surface area contributed by atoms with Crippen LogP contribution in [0.5, 0.6) is 0 Å². The van der Waals surface area contributed by atoms with Crippen molar-refractivity contribution < 1.29 is 13.5 Å². The average molecular weight is 319 g/mol. The lowest BCUT2D eigenvalue weighted by Gasteiger charge is -2.35. The highest BCUT2D eigenvalue weighted by Gasteiger charge is 2.34. The largest absolute Gasteiger partial charge is 0.396 e. The van der Waals surface area contributed by atoms with Gasteiger partial charge in [0.25, 0.3) is 10.2 Å². The molecule has 1 N–H and O–H groups in total. The first kappa shape index (κ1) is 17.1. The number of likely N-dealkylation sites (N-methyl/N-ethyl adjacent to an activating group) is 2. The molecular formula is C14H29N3O3S. The molecule has 7 heteroatoms. The summed E-state index contributed by atoms with van der Waals surface area (Å²) in [4.78, 5) is 2.36. The summed E-state index contributed by atoms with van der Waals surface area (Å²) in [5, 5.41) is 9.27. The first-order chi connectivity index (χ1) is 9.98. The minimum Gasteiger partial charge on any atom is -0.396 e. The van der Waals surface area contributed by atoms with E-state index in [0.29, 0.717) is 25.7 Å². The van der Waals surface area contributed by atoms with E-state index in [1.165, 1.54) is 4.31 Å². The second-order valence-electron chi connectivity index (χ2n) is 6.26. The van der Waals surface area contributed by atoms with E-state index in [4.69, 9.17) is 0 Å². The first-order valence-electron chi connectivity index (χ1n) is 8.05. The van der Waals surface area contributed by atoms with Crippen molar-refractivity contribution in [2.45, 2.75) is 38.6 Å². The van der Waals surface area contributed by atoms with Crippen LogP contribution in [-0.4, -0.2) is 79.5 Å². The summed E-state index contributed by atoms with van der Waals surface area (Å²) in [6.07, 6.45) is 3.98. The van der Waals surface area contributed by atoms with E-state index in [-0.39, 0.29) is 12.5 Å². The number of rotatable bonds is 6. The molecule has 2 atom stereocenters. The van der Waals surface area contributed by atoms with Crippen LogP contribution in [0, 0.1) is 5.92 Å². The zero-order valence-corrected chi connectivity index (χ0v) is 14.1. The molecule has 124 valence electrons. The maximum atomic E-state index is 12.7. The zero-order chi connectivity index (χ0) is 15.5. The zero-order valence-electron chi connectivity index (χ0n) is 13.2. The molecule has 2 rings (SSSR count). The summed E-state index contributed by atoms with van der Waals surface area (Å²) in [6, 6.07) is 0.341. The van der Waals surface area contributed by atoms with Gasteiger partial charge in [-0.15, -0.1) is 0 Å². The molecule has 0 spiro atoms. The second-order valence-corrected chi connectivity index (χ2v) is 8.30. The lowest BCUT2D eigenvalue weighted by atomic mass is 10.0. The smallest absolute Gasteiger partial charge is 0.281 e. The molecule has 2 saturated heterocycles. The van der Waals surface area contributed by atoms with Crippen LogP contribution in [0.25, 0.3) is 0 Å². The van der Waals surface area contributed by atoms with Crippen LogP contribution < -0.4 is 0 Å². The first-order valence-corrected chi connectivity index (χ1v) is 9.45. The number of nitrogens with zero attached hydrogens (tertiary/aromatic N) is 3. The molecule has 0 saturated carbocycles. The maximum Gasteiger partial charge on any atom is 0.281 e. The molecule has 0 bridgehead atoms. The Labute approximate surface area is 128 Å². The average Bonchev–Trinajstić information content (AvgIpc) is 2.94. The Morgan fingerprint density at radius 3 is 2.62 bits per heavy atom. The van der Waals surface area contributed by atoms with Gasteiger partial charge >= 0.3 is 0 Å². The van der Waals surface area contributed by atoms with E-state index in [1.807, 2.05) is 0 Å². The fraction of sp³-hybridized carbons (Fsp3) is 1.00. The molecule has 0 aromatic rings. The number of likely N-dealkylation sites (tertiary alicyclic amines) is 1. The van der Waals surface area contributed by atoms with Crippen LogP contribution in [0.15, 0.2) is 0 Å². The molecule has 6 nitrogen and oxygen atoms in total. The van der Waals surface area contributed by atoms with Gasteiger partial charge in [0.15, 0.2) is 0 Å². The summed E-state index contributed by atoms with van der Waals surface area (Å²) in [5.41, 5.74) is 0. The van der Waals surface area contributed by atoms with Gasteiger partial charge in [-0.2, -0.15) is 17.0 Å². The third-order valence-electron chi connectivity index (χ3n) is 4.83. The second kappa shape index (κ2) is 7.37. The van der Waals surface area contributed by atoms with Crippen molar-refractivity contribution in [1.82, 2.24) is 13.5 Å². The normalized spacial score (nSPS) is 29.3. The van der Waals surface area contributed by atoms with Crippen molar-refractivity contribution in [3.8, 4) is 0 Å². The summed E-state index contributed by atoms with van der Waals surface area (Å²) in [7, 11) is -1.71. The molecule has 0 aromatic heterocycles. The molecule has 2 fully saturated rings. The van der Waals surface area contributed by atoms with Crippen LogP contribution in [0.2, 0.25) is 0 Å². The highest BCUT2D eigenvalue weighted by molar-refractivity contribution is 7.86.